The Hall–Kier alpha value is -2.44. The summed E-state index contributed by atoms with van der Waals surface area (Å²) in [6.07, 6.45) is 3.85. The van der Waals surface area contributed by atoms with Crippen LogP contribution in [0, 0.1) is 24.7 Å². The second-order valence-electron chi connectivity index (χ2n) is 7.89. The van der Waals surface area contributed by atoms with Gasteiger partial charge in [-0.15, -0.1) is 0 Å². The number of hydrogen-bond acceptors (Lipinski definition) is 4. The molecule has 1 N–H and O–H groups in total. The molecule has 1 saturated heterocycles. The van der Waals surface area contributed by atoms with Crippen LogP contribution in [0.5, 0.6) is 0 Å². The topological polar surface area (TPSA) is 88.3 Å². The van der Waals surface area contributed by atoms with Gasteiger partial charge in [-0.05, 0) is 51.5 Å². The maximum absolute atomic E-state index is 13.2. The molecule has 0 aromatic carbocycles. The average Bonchev–Trinajstić information content (AvgIpc) is 3.18. The Bertz CT molecular complexity index is 884. The molecular weight excluding hydrogens is 332 g/mol. The number of carbonyl (C=O) groups is 2. The van der Waals surface area contributed by atoms with Crippen LogP contribution in [-0.2, 0) is 4.79 Å². The van der Waals surface area contributed by atoms with Crippen LogP contribution in [0.15, 0.2) is 12.3 Å². The van der Waals surface area contributed by atoms with Crippen LogP contribution in [0.1, 0.15) is 48.8 Å². The van der Waals surface area contributed by atoms with Crippen molar-refractivity contribution in [1.29, 1.82) is 0 Å². The van der Waals surface area contributed by atoms with Crippen molar-refractivity contribution in [3.05, 3.63) is 23.5 Å². The van der Waals surface area contributed by atoms with Crippen LogP contribution in [0.2, 0.25) is 0 Å². The molecule has 138 valence electrons. The lowest BCUT2D eigenvalue weighted by atomic mass is 9.92. The molecule has 2 fully saturated rings. The van der Waals surface area contributed by atoms with Gasteiger partial charge in [0.15, 0.2) is 5.65 Å². The number of aryl methyl sites for hydroxylation is 1. The number of likely N-dealkylation sites (tertiary alicyclic amines) is 1. The van der Waals surface area contributed by atoms with Gasteiger partial charge in [0.25, 0.3) is 5.91 Å². The van der Waals surface area contributed by atoms with Gasteiger partial charge in [-0.1, -0.05) is 0 Å². The summed E-state index contributed by atoms with van der Waals surface area (Å²) in [5.74, 6) is -0.826. The number of fused-ring (bicyclic) bond motifs is 1. The molecule has 0 bridgehead atoms. The van der Waals surface area contributed by atoms with E-state index in [0.29, 0.717) is 23.7 Å². The lowest BCUT2D eigenvalue weighted by Gasteiger charge is -2.17. The molecule has 3 heterocycles. The highest BCUT2D eigenvalue weighted by molar-refractivity contribution is 6.05. The Morgan fingerprint density at radius 2 is 2.00 bits per heavy atom. The summed E-state index contributed by atoms with van der Waals surface area (Å²) in [7, 11) is 0. The quantitative estimate of drug-likeness (QED) is 0.909. The summed E-state index contributed by atoms with van der Waals surface area (Å²) in [5, 5.41) is 14.7. The van der Waals surface area contributed by atoms with E-state index in [0.717, 1.165) is 23.9 Å². The lowest BCUT2D eigenvalue weighted by Crippen LogP contribution is -2.30. The van der Waals surface area contributed by atoms with Crippen molar-refractivity contribution >= 4 is 22.9 Å². The number of hydrogen-bond donors (Lipinski definition) is 1. The molecule has 1 saturated carbocycles. The second-order valence-corrected chi connectivity index (χ2v) is 7.89. The lowest BCUT2D eigenvalue weighted by molar-refractivity contribution is -0.142. The number of aromatic nitrogens is 3. The Labute approximate surface area is 152 Å². The van der Waals surface area contributed by atoms with Gasteiger partial charge >= 0.3 is 5.97 Å². The standard InChI is InChI=1S/C19H24N4O3/c1-10(2)23-17-14(7-20-23)13(6-11(3)21-17)18(24)22-8-15(12-4-5-12)16(9-22)19(25)26/h6-7,10,12,15-16H,4-5,8-9H2,1-3H3,(H,25,26)/t15-,16+/m1/s1. The highest BCUT2D eigenvalue weighted by Gasteiger charge is 2.47. The van der Waals surface area contributed by atoms with Gasteiger partial charge in [-0.25, -0.2) is 9.67 Å². The SMILES string of the molecule is Cc1cc(C(=O)N2C[C@H](C(=O)O)[C@@H](C3CC3)C2)c2cnn(C(C)C)c2n1. The zero-order valence-corrected chi connectivity index (χ0v) is 15.3. The number of nitrogens with zero attached hydrogens (tertiary/aromatic N) is 4. The Morgan fingerprint density at radius 1 is 1.27 bits per heavy atom. The Morgan fingerprint density at radius 3 is 2.62 bits per heavy atom. The molecule has 1 amide bonds. The summed E-state index contributed by atoms with van der Waals surface area (Å²) < 4.78 is 1.82. The second kappa shape index (κ2) is 6.07. The fourth-order valence-electron chi connectivity index (χ4n) is 4.13. The van der Waals surface area contributed by atoms with Crippen LogP contribution < -0.4 is 0 Å². The number of amides is 1. The van der Waals surface area contributed by atoms with Crippen LogP contribution in [0.25, 0.3) is 11.0 Å². The first-order valence-electron chi connectivity index (χ1n) is 9.23. The monoisotopic (exact) mass is 356 g/mol. The van der Waals surface area contributed by atoms with Crippen LogP contribution >= 0.6 is 0 Å². The third-order valence-electron chi connectivity index (χ3n) is 5.61. The summed E-state index contributed by atoms with van der Waals surface area (Å²) >= 11 is 0. The fraction of sp³-hybridized carbons (Fsp3) is 0.579. The van der Waals surface area contributed by atoms with Crippen molar-refractivity contribution in [2.75, 3.05) is 13.1 Å². The van der Waals surface area contributed by atoms with Gasteiger partial charge < -0.3 is 10.0 Å². The number of carbonyl (C=O) groups excluding carboxylic acids is 1. The van der Waals surface area contributed by atoms with Crippen molar-refractivity contribution in [3.63, 3.8) is 0 Å². The van der Waals surface area contributed by atoms with Gasteiger partial charge in [0.2, 0.25) is 0 Å². The van der Waals surface area contributed by atoms with Gasteiger partial charge in [-0.3, -0.25) is 9.59 Å². The van der Waals surface area contributed by atoms with E-state index in [-0.39, 0.29) is 24.4 Å². The zero-order valence-electron chi connectivity index (χ0n) is 15.3. The number of aliphatic carboxylic acids is 1. The average molecular weight is 356 g/mol. The predicted molar refractivity (Wildman–Crippen MR) is 95.9 cm³/mol. The smallest absolute Gasteiger partial charge is 0.308 e. The summed E-state index contributed by atoms with van der Waals surface area (Å²) in [5.41, 5.74) is 2.03. The Kier molecular flexibility index (Phi) is 3.97. The number of carboxylic acids is 1. The maximum Gasteiger partial charge on any atom is 0.308 e. The van der Waals surface area contributed by atoms with Crippen molar-refractivity contribution in [2.24, 2.45) is 17.8 Å². The van der Waals surface area contributed by atoms with Crippen LogP contribution in [0.3, 0.4) is 0 Å². The molecule has 2 aliphatic rings. The minimum Gasteiger partial charge on any atom is -0.481 e. The largest absolute Gasteiger partial charge is 0.481 e. The Balaban J connectivity index is 1.69. The molecule has 1 aliphatic carbocycles. The van der Waals surface area contributed by atoms with E-state index in [1.807, 2.05) is 25.5 Å². The van der Waals surface area contributed by atoms with E-state index >= 15 is 0 Å². The molecular formula is C19H24N4O3. The van der Waals surface area contributed by atoms with Crippen LogP contribution in [-0.4, -0.2) is 49.7 Å². The molecule has 2 atom stereocenters. The van der Waals surface area contributed by atoms with E-state index < -0.39 is 11.9 Å². The number of rotatable bonds is 4. The van der Waals surface area contributed by atoms with Gasteiger partial charge in [0.1, 0.15) is 0 Å². The van der Waals surface area contributed by atoms with Crippen molar-refractivity contribution in [1.82, 2.24) is 19.7 Å². The van der Waals surface area contributed by atoms with E-state index in [1.54, 1.807) is 17.2 Å². The van der Waals surface area contributed by atoms with Crippen molar-refractivity contribution in [3.8, 4) is 0 Å². The van der Waals surface area contributed by atoms with E-state index in [2.05, 4.69) is 10.1 Å². The molecule has 0 unspecified atom stereocenters. The van der Waals surface area contributed by atoms with Crippen molar-refractivity contribution in [2.45, 2.75) is 39.7 Å². The van der Waals surface area contributed by atoms with E-state index in [1.165, 1.54) is 0 Å². The summed E-state index contributed by atoms with van der Waals surface area (Å²) in [6, 6.07) is 1.93. The first-order chi connectivity index (χ1) is 12.4. The molecule has 2 aromatic rings. The summed E-state index contributed by atoms with van der Waals surface area (Å²) in [6.45, 7) is 6.73. The van der Waals surface area contributed by atoms with Crippen LogP contribution in [0.4, 0.5) is 0 Å². The minimum absolute atomic E-state index is 0.0771. The van der Waals surface area contributed by atoms with Gasteiger partial charge in [0, 0.05) is 24.8 Å². The normalized spacial score (nSPS) is 23.2. The molecule has 7 heteroatoms. The zero-order chi connectivity index (χ0) is 18.6. The molecule has 0 radical (unpaired) electrons. The third-order valence-corrected chi connectivity index (χ3v) is 5.61. The molecule has 26 heavy (non-hydrogen) atoms. The van der Waals surface area contributed by atoms with Gasteiger partial charge in [0.05, 0.1) is 23.1 Å². The highest BCUT2D eigenvalue weighted by atomic mass is 16.4. The number of pyridine rings is 1. The fourth-order valence-corrected chi connectivity index (χ4v) is 4.13. The highest BCUT2D eigenvalue weighted by Crippen LogP contribution is 2.44. The van der Waals surface area contributed by atoms with E-state index in [9.17, 15) is 14.7 Å². The molecule has 0 spiro atoms. The third kappa shape index (κ3) is 2.75. The first kappa shape index (κ1) is 17.0. The first-order valence-corrected chi connectivity index (χ1v) is 9.23. The molecule has 4 rings (SSSR count). The van der Waals surface area contributed by atoms with E-state index in [4.69, 9.17) is 0 Å². The molecule has 1 aliphatic heterocycles. The summed E-state index contributed by atoms with van der Waals surface area (Å²) in [4.78, 5) is 31.1. The maximum atomic E-state index is 13.2. The molecule has 2 aromatic heterocycles. The van der Waals surface area contributed by atoms with Gasteiger partial charge in [-0.2, -0.15) is 5.10 Å². The number of carboxylic acid groups (broad SMARTS) is 1. The molecule has 7 nitrogen and oxygen atoms in total. The predicted octanol–water partition coefficient (Wildman–Crippen LogP) is 2.50. The minimum atomic E-state index is -0.791. The van der Waals surface area contributed by atoms with Crippen molar-refractivity contribution < 1.29 is 14.7 Å².